The smallest absolute Gasteiger partial charge is 0.127 e. The molecule has 3 atom stereocenters. The first-order chi connectivity index (χ1) is 14.3. The number of hydrogen-bond acceptors (Lipinski definition) is 2. The van der Waals surface area contributed by atoms with E-state index in [1.807, 2.05) is 13.8 Å². The van der Waals surface area contributed by atoms with Crippen molar-refractivity contribution in [2.24, 2.45) is 11.8 Å². The number of rotatable bonds is 4. The molecule has 1 saturated carbocycles. The van der Waals surface area contributed by atoms with Crippen molar-refractivity contribution in [3.05, 3.63) is 23.3 Å². The maximum Gasteiger partial charge on any atom is 0.127 e. The summed E-state index contributed by atoms with van der Waals surface area (Å²) in [6, 6.07) is 2.95. The summed E-state index contributed by atoms with van der Waals surface area (Å²) < 4.78 is 76.4. The van der Waals surface area contributed by atoms with Gasteiger partial charge in [-0.2, -0.15) is 0 Å². The van der Waals surface area contributed by atoms with Crippen LogP contribution in [0.15, 0.2) is 12.1 Å². The minimum Gasteiger partial charge on any atom is -0.508 e. The minimum absolute atomic E-state index is 0.0488. The monoisotopic (exact) mass is 325 g/mol. The molecule has 0 saturated heterocycles. The average Bonchev–Trinajstić information content (AvgIpc) is 2.58. The van der Waals surface area contributed by atoms with Crippen LogP contribution in [0.2, 0.25) is 0 Å². The fourth-order valence-electron chi connectivity index (χ4n) is 4.31. The van der Waals surface area contributed by atoms with Crippen molar-refractivity contribution in [2.45, 2.75) is 83.9 Å². The Morgan fingerprint density at radius 3 is 2.96 bits per heavy atom. The lowest BCUT2D eigenvalue weighted by atomic mass is 9.64. The molecule has 0 radical (unpaired) electrons. The topological polar surface area (TPSA) is 29.5 Å². The quantitative estimate of drug-likeness (QED) is 0.756. The second-order valence-electron chi connectivity index (χ2n) is 7.47. The molecular formula is C21H32O2. The lowest BCUT2D eigenvalue weighted by Gasteiger charge is -2.48. The van der Waals surface area contributed by atoms with E-state index in [1.54, 1.807) is 6.07 Å². The first-order valence-corrected chi connectivity index (χ1v) is 8.36. The number of fused-ring (bicyclic) bond motifs is 3. The summed E-state index contributed by atoms with van der Waals surface area (Å²) in [5.74, 6) is 1.21. The molecule has 1 fully saturated rings. The predicted molar refractivity (Wildman–Crippen MR) is 95.3 cm³/mol. The Hall–Kier alpha value is -1.18. The van der Waals surface area contributed by atoms with Crippen LogP contribution in [0.1, 0.15) is 95.4 Å². The molecule has 1 aromatic rings. The van der Waals surface area contributed by atoms with Gasteiger partial charge in [0.15, 0.2) is 0 Å². The maximum atomic E-state index is 10.9. The van der Waals surface area contributed by atoms with Gasteiger partial charge >= 0.3 is 0 Å². The van der Waals surface area contributed by atoms with Crippen LogP contribution in [0.4, 0.5) is 0 Å². The van der Waals surface area contributed by atoms with Crippen LogP contribution in [0.5, 0.6) is 11.5 Å². The summed E-state index contributed by atoms with van der Waals surface area (Å²) in [4.78, 5) is 0. The molecule has 0 spiro atoms. The van der Waals surface area contributed by atoms with Gasteiger partial charge in [0.1, 0.15) is 17.1 Å². The van der Waals surface area contributed by atoms with E-state index in [0.717, 1.165) is 19.3 Å². The highest BCUT2D eigenvalue weighted by Crippen LogP contribution is 2.55. The highest BCUT2D eigenvalue weighted by molar-refractivity contribution is 5.52. The molecule has 0 bridgehead atoms. The summed E-state index contributed by atoms with van der Waals surface area (Å²) in [5, 5.41) is 10.9. The third-order valence-corrected chi connectivity index (χ3v) is 5.37. The number of aromatic hydroxyl groups is 1. The van der Waals surface area contributed by atoms with Crippen LogP contribution in [0.25, 0.3) is 0 Å². The van der Waals surface area contributed by atoms with Gasteiger partial charge in [0.2, 0.25) is 0 Å². The van der Waals surface area contributed by atoms with Gasteiger partial charge < -0.3 is 9.84 Å². The first-order valence-electron chi connectivity index (χ1n) is 12.9. The Balaban J connectivity index is 1.99. The third kappa shape index (κ3) is 3.22. The second-order valence-corrected chi connectivity index (χ2v) is 7.47. The van der Waals surface area contributed by atoms with E-state index < -0.39 is 38.0 Å². The Morgan fingerprint density at radius 1 is 1.35 bits per heavy atom. The van der Waals surface area contributed by atoms with Gasteiger partial charge in [-0.15, -0.1) is 0 Å². The molecule has 1 heterocycles. The fourth-order valence-corrected chi connectivity index (χ4v) is 4.31. The van der Waals surface area contributed by atoms with Crippen molar-refractivity contribution in [2.75, 3.05) is 0 Å². The number of hydrogen-bond donors (Lipinski definition) is 1. The molecule has 0 amide bonds. The molecule has 2 aliphatic rings. The van der Waals surface area contributed by atoms with Gasteiger partial charge in [-0.05, 0) is 69.0 Å². The highest BCUT2D eigenvalue weighted by atomic mass is 16.5. The molecule has 128 valence electrons. The van der Waals surface area contributed by atoms with E-state index >= 15 is 0 Å². The molecular weight excluding hydrogens is 284 g/mol. The second kappa shape index (κ2) is 6.37. The van der Waals surface area contributed by atoms with Crippen molar-refractivity contribution in [1.29, 1.82) is 0 Å². The number of benzene rings is 1. The Morgan fingerprint density at radius 2 is 2.17 bits per heavy atom. The van der Waals surface area contributed by atoms with Gasteiger partial charge in [0.05, 0.1) is 0 Å². The van der Waals surface area contributed by atoms with Crippen LogP contribution >= 0.6 is 0 Å². The summed E-state index contributed by atoms with van der Waals surface area (Å²) >= 11 is 0. The minimum atomic E-state index is -3.41. The van der Waals surface area contributed by atoms with Crippen LogP contribution in [0.3, 0.4) is 0 Å². The Labute approximate surface area is 153 Å². The standard InChI is InChI=1S/C21H32O2/c1-5-6-7-8-15-12-18(22)20-16-11-14(2)9-10-17(16)21(3,4)23-19(20)13-15/h12-14,16-17,22H,5-11H2,1-4H3/t14-,16+,17+/m0/s1/i1D3,5D2,6D2,7D2. The maximum absolute atomic E-state index is 10.9. The molecule has 2 nitrogen and oxygen atoms in total. The number of phenols is 1. The molecule has 23 heavy (non-hydrogen) atoms. The fraction of sp³-hybridized carbons (Fsp3) is 0.714. The van der Waals surface area contributed by atoms with Gasteiger partial charge in [-0.25, -0.2) is 0 Å². The summed E-state index contributed by atoms with van der Waals surface area (Å²) in [7, 11) is 0. The average molecular weight is 326 g/mol. The molecule has 0 aromatic heterocycles. The van der Waals surface area contributed by atoms with Crippen molar-refractivity contribution in [1.82, 2.24) is 0 Å². The van der Waals surface area contributed by atoms with Crippen molar-refractivity contribution in [3.63, 3.8) is 0 Å². The van der Waals surface area contributed by atoms with Crippen LogP contribution in [-0.4, -0.2) is 10.7 Å². The zero-order chi connectivity index (χ0) is 24.5. The van der Waals surface area contributed by atoms with Gasteiger partial charge in [-0.3, -0.25) is 0 Å². The highest BCUT2D eigenvalue weighted by Gasteiger charge is 2.47. The van der Waals surface area contributed by atoms with Crippen molar-refractivity contribution < 1.29 is 22.2 Å². The van der Waals surface area contributed by atoms with E-state index in [-0.39, 0.29) is 23.1 Å². The molecule has 1 aliphatic carbocycles. The zero-order valence-corrected chi connectivity index (χ0v) is 14.1. The van der Waals surface area contributed by atoms with E-state index in [1.165, 1.54) is 6.07 Å². The normalized spacial score (nSPS) is 36.8. The Kier molecular flexibility index (Phi) is 2.43. The Bertz CT molecular complexity index is 877. The lowest BCUT2D eigenvalue weighted by molar-refractivity contribution is -0.0145. The molecule has 1 N–H and O–H groups in total. The van der Waals surface area contributed by atoms with E-state index in [0.29, 0.717) is 17.2 Å². The van der Waals surface area contributed by atoms with Crippen molar-refractivity contribution >= 4 is 0 Å². The van der Waals surface area contributed by atoms with Gasteiger partial charge in [0, 0.05) is 23.8 Å². The van der Waals surface area contributed by atoms with Gasteiger partial charge in [0.25, 0.3) is 0 Å². The molecule has 1 aliphatic heterocycles. The molecule has 1 aromatic carbocycles. The van der Waals surface area contributed by atoms with Crippen LogP contribution in [0, 0.1) is 11.8 Å². The van der Waals surface area contributed by atoms with Crippen molar-refractivity contribution in [3.8, 4) is 11.5 Å². The third-order valence-electron chi connectivity index (χ3n) is 5.37. The van der Waals surface area contributed by atoms with Gasteiger partial charge in [-0.1, -0.05) is 32.9 Å². The zero-order valence-electron chi connectivity index (χ0n) is 23.1. The number of phenolic OH excluding ortho intramolecular Hbond substituents is 1. The lowest BCUT2D eigenvalue weighted by Crippen LogP contribution is -2.46. The summed E-state index contributed by atoms with van der Waals surface area (Å²) in [6.45, 7) is 2.83. The van der Waals surface area contributed by atoms with Crippen LogP contribution in [-0.2, 0) is 6.42 Å². The van der Waals surface area contributed by atoms with Crippen LogP contribution < -0.4 is 4.74 Å². The predicted octanol–water partition coefficient (Wildman–Crippen LogP) is 5.82. The van der Waals surface area contributed by atoms with E-state index in [2.05, 4.69) is 6.92 Å². The summed E-state index contributed by atoms with van der Waals surface area (Å²) in [6.07, 6.45) is -7.25. The molecule has 2 heteroatoms. The molecule has 3 rings (SSSR count). The SMILES string of the molecule is [2H]C([2H])([2H])C([2H])([2H])C([2H])([2H])C([2H])([2H])Cc1cc(O)c2c(c1)OC(C)(C)[C@@H]1CC[C@H](C)C[C@@H]21. The largest absolute Gasteiger partial charge is 0.508 e. The van der Waals surface area contributed by atoms with E-state index in [9.17, 15) is 5.11 Å². The number of ether oxygens (including phenoxy) is 1. The van der Waals surface area contributed by atoms with E-state index in [4.69, 9.17) is 17.1 Å². The number of aryl methyl sites for hydroxylation is 1. The molecule has 0 unspecified atom stereocenters. The summed E-state index contributed by atoms with van der Waals surface area (Å²) in [5.41, 5.74) is 0.413. The first kappa shape index (κ1) is 8.78.